The molecule has 0 amide bonds. The Labute approximate surface area is 126 Å². The summed E-state index contributed by atoms with van der Waals surface area (Å²) in [5, 5.41) is 1.39. The first kappa shape index (κ1) is 14.1. The molecule has 1 heterocycles. The zero-order valence-corrected chi connectivity index (χ0v) is 11.9. The van der Waals surface area contributed by atoms with Crippen LogP contribution in [-0.2, 0) is 6.42 Å². The smallest absolute Gasteiger partial charge is 0.134 e. The predicted octanol–water partition coefficient (Wildman–Crippen LogP) is 3.97. The average molecular weight is 305 g/mol. The molecule has 3 rings (SSSR count). The second kappa shape index (κ2) is 5.85. The Morgan fingerprint density at radius 1 is 1.19 bits per heavy atom. The van der Waals surface area contributed by atoms with E-state index in [1.165, 1.54) is 12.1 Å². The Morgan fingerprint density at radius 2 is 2.05 bits per heavy atom. The maximum atomic E-state index is 13.2. The van der Waals surface area contributed by atoms with Crippen LogP contribution in [0.1, 0.15) is 17.4 Å². The highest BCUT2D eigenvalue weighted by atomic mass is 35.5. The fraction of sp³-hybridized carbons (Fsp3) is 0.125. The molecule has 5 heteroatoms. The molecule has 0 fully saturated rings. The molecule has 1 unspecified atom stereocenters. The molecule has 2 aromatic carbocycles. The lowest BCUT2D eigenvalue weighted by molar-refractivity contribution is 0.434. The van der Waals surface area contributed by atoms with Gasteiger partial charge in [-0.25, -0.2) is 9.82 Å². The lowest BCUT2D eigenvalue weighted by atomic mass is 10.0. The molecule has 0 bridgehead atoms. The van der Waals surface area contributed by atoms with Crippen LogP contribution >= 0.6 is 11.6 Å². The van der Waals surface area contributed by atoms with Gasteiger partial charge >= 0.3 is 0 Å². The van der Waals surface area contributed by atoms with Gasteiger partial charge in [-0.3, -0.25) is 5.84 Å². The number of hydrogen-bond acceptors (Lipinski definition) is 3. The fourth-order valence-corrected chi connectivity index (χ4v) is 2.56. The molecule has 0 saturated carbocycles. The molecular formula is C16H14ClFN2O. The Hall–Kier alpha value is -1.88. The van der Waals surface area contributed by atoms with E-state index >= 15 is 0 Å². The number of halogens is 2. The van der Waals surface area contributed by atoms with Crippen molar-refractivity contribution in [2.45, 2.75) is 12.5 Å². The zero-order valence-electron chi connectivity index (χ0n) is 11.1. The van der Waals surface area contributed by atoms with Crippen molar-refractivity contribution in [2.24, 2.45) is 5.84 Å². The Morgan fingerprint density at radius 3 is 2.81 bits per heavy atom. The van der Waals surface area contributed by atoms with Crippen molar-refractivity contribution in [3.63, 3.8) is 0 Å². The van der Waals surface area contributed by atoms with Crippen molar-refractivity contribution in [1.29, 1.82) is 0 Å². The number of rotatable bonds is 4. The standard InChI is InChI=1S/C16H14ClFN2O/c17-12-3-1-2-10(6-12)7-14(20-19)16-9-11-8-13(18)4-5-15(11)21-16/h1-6,8-9,14,20H,7,19H2. The SMILES string of the molecule is NNC(Cc1cccc(Cl)c1)c1cc2cc(F)ccc2o1. The number of nitrogens with two attached hydrogens (primary N) is 1. The average Bonchev–Trinajstić information content (AvgIpc) is 2.87. The van der Waals surface area contributed by atoms with Gasteiger partial charge in [-0.05, 0) is 48.4 Å². The summed E-state index contributed by atoms with van der Waals surface area (Å²) in [6.07, 6.45) is 0.624. The van der Waals surface area contributed by atoms with Crippen LogP contribution in [0.15, 0.2) is 52.9 Å². The van der Waals surface area contributed by atoms with Gasteiger partial charge in [0.2, 0.25) is 0 Å². The summed E-state index contributed by atoms with van der Waals surface area (Å²) in [4.78, 5) is 0. The first-order valence-electron chi connectivity index (χ1n) is 6.55. The first-order valence-corrected chi connectivity index (χ1v) is 6.93. The number of benzene rings is 2. The summed E-state index contributed by atoms with van der Waals surface area (Å²) in [6.45, 7) is 0. The summed E-state index contributed by atoms with van der Waals surface area (Å²) >= 11 is 5.98. The van der Waals surface area contributed by atoms with E-state index in [4.69, 9.17) is 21.9 Å². The first-order chi connectivity index (χ1) is 10.2. The predicted molar refractivity (Wildman–Crippen MR) is 81.4 cm³/mol. The van der Waals surface area contributed by atoms with Crippen LogP contribution in [0.3, 0.4) is 0 Å². The van der Waals surface area contributed by atoms with Gasteiger partial charge in [0, 0.05) is 10.4 Å². The number of hydrogen-bond donors (Lipinski definition) is 2. The van der Waals surface area contributed by atoms with Crippen molar-refractivity contribution >= 4 is 22.6 Å². The van der Waals surface area contributed by atoms with Crippen LogP contribution in [0, 0.1) is 5.82 Å². The summed E-state index contributed by atoms with van der Waals surface area (Å²) in [7, 11) is 0. The second-order valence-electron chi connectivity index (χ2n) is 4.88. The van der Waals surface area contributed by atoms with Crippen LogP contribution in [0.25, 0.3) is 11.0 Å². The normalized spacial score (nSPS) is 12.7. The van der Waals surface area contributed by atoms with Gasteiger partial charge in [0.25, 0.3) is 0 Å². The molecule has 3 aromatic rings. The Kier molecular flexibility index (Phi) is 3.92. The molecule has 0 aliphatic carbocycles. The van der Waals surface area contributed by atoms with Gasteiger partial charge in [0.15, 0.2) is 0 Å². The monoisotopic (exact) mass is 304 g/mol. The summed E-state index contributed by atoms with van der Waals surface area (Å²) in [6, 6.07) is 13.6. The fourth-order valence-electron chi connectivity index (χ4n) is 2.35. The molecule has 1 aromatic heterocycles. The molecule has 0 radical (unpaired) electrons. The van der Waals surface area contributed by atoms with Gasteiger partial charge in [0.05, 0.1) is 6.04 Å². The van der Waals surface area contributed by atoms with E-state index in [1.807, 2.05) is 24.3 Å². The summed E-state index contributed by atoms with van der Waals surface area (Å²) in [5.74, 6) is 6.00. The molecule has 3 N–H and O–H groups in total. The molecule has 21 heavy (non-hydrogen) atoms. The molecule has 0 spiro atoms. The number of nitrogens with one attached hydrogen (secondary N) is 1. The minimum atomic E-state index is -0.290. The largest absolute Gasteiger partial charge is 0.459 e. The van der Waals surface area contributed by atoms with Crippen molar-refractivity contribution in [2.75, 3.05) is 0 Å². The quantitative estimate of drug-likeness (QED) is 0.566. The van der Waals surface area contributed by atoms with E-state index in [2.05, 4.69) is 5.43 Å². The van der Waals surface area contributed by atoms with Gasteiger partial charge in [-0.1, -0.05) is 23.7 Å². The van der Waals surface area contributed by atoms with E-state index in [1.54, 1.807) is 12.1 Å². The van der Waals surface area contributed by atoms with Crippen LogP contribution in [0.2, 0.25) is 5.02 Å². The molecule has 3 nitrogen and oxygen atoms in total. The number of fused-ring (bicyclic) bond motifs is 1. The van der Waals surface area contributed by atoms with Crippen LogP contribution < -0.4 is 11.3 Å². The van der Waals surface area contributed by atoms with Crippen LogP contribution in [0.4, 0.5) is 4.39 Å². The maximum Gasteiger partial charge on any atom is 0.134 e. The second-order valence-corrected chi connectivity index (χ2v) is 5.32. The number of furan rings is 1. The van der Waals surface area contributed by atoms with Crippen molar-refractivity contribution in [3.8, 4) is 0 Å². The van der Waals surface area contributed by atoms with Crippen molar-refractivity contribution in [3.05, 3.63) is 70.7 Å². The van der Waals surface area contributed by atoms with Gasteiger partial charge < -0.3 is 4.42 Å². The lowest BCUT2D eigenvalue weighted by Gasteiger charge is -2.13. The molecule has 1 atom stereocenters. The minimum Gasteiger partial charge on any atom is -0.459 e. The van der Waals surface area contributed by atoms with E-state index in [9.17, 15) is 4.39 Å². The third-order valence-electron chi connectivity index (χ3n) is 3.37. The Bertz CT molecular complexity index is 772. The highest BCUT2D eigenvalue weighted by Gasteiger charge is 2.16. The molecule has 0 aliphatic heterocycles. The summed E-state index contributed by atoms with van der Waals surface area (Å²) < 4.78 is 19.0. The maximum absolute atomic E-state index is 13.2. The van der Waals surface area contributed by atoms with Gasteiger partial charge in [-0.15, -0.1) is 0 Å². The third kappa shape index (κ3) is 3.08. The summed E-state index contributed by atoms with van der Waals surface area (Å²) in [5.41, 5.74) is 4.41. The Balaban J connectivity index is 1.90. The highest BCUT2D eigenvalue weighted by molar-refractivity contribution is 6.30. The van der Waals surface area contributed by atoms with Crippen LogP contribution in [0.5, 0.6) is 0 Å². The lowest BCUT2D eigenvalue weighted by Crippen LogP contribution is -2.29. The van der Waals surface area contributed by atoms with Crippen molar-refractivity contribution in [1.82, 2.24) is 5.43 Å². The van der Waals surface area contributed by atoms with E-state index in [0.29, 0.717) is 22.8 Å². The molecule has 0 aliphatic rings. The molecule has 108 valence electrons. The van der Waals surface area contributed by atoms with Crippen molar-refractivity contribution < 1.29 is 8.81 Å². The molecule has 0 saturated heterocycles. The minimum absolute atomic E-state index is 0.209. The van der Waals surface area contributed by atoms with Gasteiger partial charge in [-0.2, -0.15) is 0 Å². The zero-order chi connectivity index (χ0) is 14.8. The van der Waals surface area contributed by atoms with Crippen LogP contribution in [-0.4, -0.2) is 0 Å². The van der Waals surface area contributed by atoms with E-state index in [-0.39, 0.29) is 11.9 Å². The highest BCUT2D eigenvalue weighted by Crippen LogP contribution is 2.27. The van der Waals surface area contributed by atoms with Gasteiger partial charge in [0.1, 0.15) is 17.2 Å². The molecular weight excluding hydrogens is 291 g/mol. The topological polar surface area (TPSA) is 51.2 Å². The number of hydrazine groups is 1. The van der Waals surface area contributed by atoms with E-state index in [0.717, 1.165) is 10.9 Å². The third-order valence-corrected chi connectivity index (χ3v) is 3.61. The van der Waals surface area contributed by atoms with E-state index < -0.39 is 0 Å².